The van der Waals surface area contributed by atoms with E-state index in [1.807, 2.05) is 24.3 Å². The number of amides is 2. The van der Waals surface area contributed by atoms with E-state index in [9.17, 15) is 14.4 Å². The van der Waals surface area contributed by atoms with Gasteiger partial charge in [-0.3, -0.25) is 14.4 Å². The van der Waals surface area contributed by atoms with E-state index < -0.39 is 0 Å². The number of hydrogen-bond acceptors (Lipinski definition) is 3. The van der Waals surface area contributed by atoms with Crippen LogP contribution in [-0.2, 0) is 6.42 Å². The summed E-state index contributed by atoms with van der Waals surface area (Å²) in [4.78, 5) is 44.0. The van der Waals surface area contributed by atoms with Crippen molar-refractivity contribution in [3.05, 3.63) is 57.9 Å². The van der Waals surface area contributed by atoms with E-state index in [1.165, 1.54) is 12.5 Å². The summed E-state index contributed by atoms with van der Waals surface area (Å²) in [5.74, 6) is -0.164. The number of carbonyl (C=O) groups is 3. The van der Waals surface area contributed by atoms with Gasteiger partial charge in [0.15, 0.2) is 5.78 Å². The van der Waals surface area contributed by atoms with Crippen LogP contribution < -0.4 is 0 Å². The van der Waals surface area contributed by atoms with Gasteiger partial charge in [0.1, 0.15) is 5.69 Å². The number of Topliss-reactive ketones (excluding diaryl/α,β-unsaturated/α-hetero) is 1. The van der Waals surface area contributed by atoms with E-state index in [0.29, 0.717) is 48.6 Å². The van der Waals surface area contributed by atoms with Crippen LogP contribution in [0.2, 0.25) is 0 Å². The van der Waals surface area contributed by atoms with Gasteiger partial charge >= 0.3 is 0 Å². The fourth-order valence-electron chi connectivity index (χ4n) is 3.83. The number of aryl methyl sites for hydroxylation is 2. The Morgan fingerprint density at radius 2 is 1.46 bits per heavy atom. The van der Waals surface area contributed by atoms with Gasteiger partial charge in [0.2, 0.25) is 0 Å². The lowest BCUT2D eigenvalue weighted by Crippen LogP contribution is -2.50. The first-order chi connectivity index (χ1) is 13.3. The first-order valence-electron chi connectivity index (χ1n) is 9.71. The smallest absolute Gasteiger partial charge is 0.270 e. The molecule has 1 aliphatic rings. The summed E-state index contributed by atoms with van der Waals surface area (Å²) in [6.45, 7) is 9.15. The zero-order valence-corrected chi connectivity index (χ0v) is 17.0. The van der Waals surface area contributed by atoms with Crippen LogP contribution in [0.3, 0.4) is 0 Å². The molecule has 28 heavy (non-hydrogen) atoms. The molecule has 6 heteroatoms. The number of carbonyl (C=O) groups excluding carboxylic acids is 3. The molecule has 0 saturated carbocycles. The van der Waals surface area contributed by atoms with Gasteiger partial charge in [-0.15, -0.1) is 0 Å². The van der Waals surface area contributed by atoms with Gasteiger partial charge in [-0.1, -0.05) is 19.1 Å². The van der Waals surface area contributed by atoms with Gasteiger partial charge in [0, 0.05) is 43.0 Å². The van der Waals surface area contributed by atoms with Crippen LogP contribution in [0, 0.1) is 13.8 Å². The Hall–Kier alpha value is -2.89. The minimum absolute atomic E-state index is 0.000478. The molecule has 1 aromatic carbocycles. The van der Waals surface area contributed by atoms with Crippen molar-refractivity contribution < 1.29 is 14.4 Å². The Bertz CT molecular complexity index is 904. The second kappa shape index (κ2) is 8.00. The van der Waals surface area contributed by atoms with Gasteiger partial charge in [0.25, 0.3) is 11.8 Å². The van der Waals surface area contributed by atoms with Crippen molar-refractivity contribution in [2.45, 2.75) is 34.1 Å². The average Bonchev–Trinajstić information content (AvgIpc) is 3.01. The SMILES string of the molecule is CCc1ccc(C(=O)N2CCN(C(=O)c3[nH]c(C)c(C(C)=O)c3C)CC2)cc1. The van der Waals surface area contributed by atoms with Gasteiger partial charge < -0.3 is 14.8 Å². The quantitative estimate of drug-likeness (QED) is 0.828. The summed E-state index contributed by atoms with van der Waals surface area (Å²) in [6.07, 6.45) is 0.943. The third-order valence-electron chi connectivity index (χ3n) is 5.47. The zero-order valence-electron chi connectivity index (χ0n) is 17.0. The first-order valence-corrected chi connectivity index (χ1v) is 9.71. The molecular weight excluding hydrogens is 354 g/mol. The highest BCUT2D eigenvalue weighted by Crippen LogP contribution is 2.21. The summed E-state index contributed by atoms with van der Waals surface area (Å²) in [6, 6.07) is 7.70. The second-order valence-corrected chi connectivity index (χ2v) is 7.32. The van der Waals surface area contributed by atoms with E-state index in [1.54, 1.807) is 23.6 Å². The van der Waals surface area contributed by atoms with Crippen molar-refractivity contribution in [2.75, 3.05) is 26.2 Å². The van der Waals surface area contributed by atoms with Gasteiger partial charge in [-0.25, -0.2) is 0 Å². The molecule has 1 fully saturated rings. The summed E-state index contributed by atoms with van der Waals surface area (Å²) >= 11 is 0. The Morgan fingerprint density at radius 3 is 1.93 bits per heavy atom. The number of piperazine rings is 1. The number of aromatic nitrogens is 1. The summed E-state index contributed by atoms with van der Waals surface area (Å²) < 4.78 is 0. The van der Waals surface area contributed by atoms with E-state index >= 15 is 0 Å². The average molecular weight is 381 g/mol. The molecule has 148 valence electrons. The van der Waals surface area contributed by atoms with Gasteiger partial charge in [-0.05, 0) is 50.5 Å². The maximum atomic E-state index is 12.9. The van der Waals surface area contributed by atoms with E-state index in [-0.39, 0.29) is 17.6 Å². The molecule has 0 aliphatic carbocycles. The molecule has 1 aliphatic heterocycles. The fourth-order valence-corrected chi connectivity index (χ4v) is 3.83. The predicted molar refractivity (Wildman–Crippen MR) is 108 cm³/mol. The highest BCUT2D eigenvalue weighted by molar-refractivity contribution is 6.02. The Kier molecular flexibility index (Phi) is 5.68. The van der Waals surface area contributed by atoms with Crippen LogP contribution in [0.4, 0.5) is 0 Å². The monoisotopic (exact) mass is 381 g/mol. The van der Waals surface area contributed by atoms with Crippen molar-refractivity contribution in [3.63, 3.8) is 0 Å². The molecule has 2 amide bonds. The topological polar surface area (TPSA) is 73.5 Å². The molecule has 6 nitrogen and oxygen atoms in total. The van der Waals surface area contributed by atoms with Gasteiger partial charge in [0.05, 0.1) is 0 Å². The summed E-state index contributed by atoms with van der Waals surface area (Å²) in [5.41, 5.74) is 4.36. The number of H-pyrrole nitrogens is 1. The molecule has 3 rings (SSSR count). The molecule has 0 atom stereocenters. The fraction of sp³-hybridized carbons (Fsp3) is 0.409. The molecular formula is C22H27N3O3. The van der Waals surface area contributed by atoms with Crippen molar-refractivity contribution in [2.24, 2.45) is 0 Å². The number of benzene rings is 1. The van der Waals surface area contributed by atoms with Crippen LogP contribution in [-0.4, -0.2) is 58.6 Å². The molecule has 2 aromatic rings. The first kappa shape index (κ1) is 19.9. The van der Waals surface area contributed by atoms with Crippen molar-refractivity contribution >= 4 is 17.6 Å². The molecule has 0 spiro atoms. The van der Waals surface area contributed by atoms with E-state index in [4.69, 9.17) is 0 Å². The lowest BCUT2D eigenvalue weighted by Gasteiger charge is -2.34. The number of nitrogens with zero attached hydrogens (tertiary/aromatic N) is 2. The van der Waals surface area contributed by atoms with Crippen LogP contribution in [0.5, 0.6) is 0 Å². The number of ketones is 1. The van der Waals surface area contributed by atoms with Crippen LogP contribution in [0.15, 0.2) is 24.3 Å². The number of aromatic amines is 1. The van der Waals surface area contributed by atoms with E-state index in [2.05, 4.69) is 11.9 Å². The zero-order chi connectivity index (χ0) is 20.4. The normalized spacial score (nSPS) is 14.3. The van der Waals surface area contributed by atoms with Crippen molar-refractivity contribution in [1.29, 1.82) is 0 Å². The minimum atomic E-state index is -0.118. The molecule has 2 heterocycles. The minimum Gasteiger partial charge on any atom is -0.354 e. The standard InChI is InChI=1S/C22H27N3O3/c1-5-17-6-8-18(9-7-17)21(27)24-10-12-25(13-11-24)22(28)20-14(2)19(16(4)26)15(3)23-20/h6-9,23H,5,10-13H2,1-4H3. The lowest BCUT2D eigenvalue weighted by atomic mass is 10.1. The highest BCUT2D eigenvalue weighted by Gasteiger charge is 2.28. The van der Waals surface area contributed by atoms with Crippen molar-refractivity contribution in [3.8, 4) is 0 Å². The Labute approximate surface area is 165 Å². The lowest BCUT2D eigenvalue weighted by molar-refractivity contribution is 0.0532. The number of nitrogens with one attached hydrogen (secondary N) is 1. The summed E-state index contributed by atoms with van der Waals surface area (Å²) in [5, 5.41) is 0. The Morgan fingerprint density at radius 1 is 0.929 bits per heavy atom. The van der Waals surface area contributed by atoms with E-state index in [0.717, 1.165) is 12.1 Å². The molecule has 0 radical (unpaired) electrons. The third kappa shape index (κ3) is 3.72. The highest BCUT2D eigenvalue weighted by atomic mass is 16.2. The maximum absolute atomic E-state index is 12.9. The molecule has 1 N–H and O–H groups in total. The third-order valence-corrected chi connectivity index (χ3v) is 5.47. The summed E-state index contributed by atoms with van der Waals surface area (Å²) in [7, 11) is 0. The Balaban J connectivity index is 1.66. The molecule has 1 aromatic heterocycles. The maximum Gasteiger partial charge on any atom is 0.270 e. The number of rotatable bonds is 4. The van der Waals surface area contributed by atoms with Crippen LogP contribution in [0.1, 0.15) is 61.9 Å². The second-order valence-electron chi connectivity index (χ2n) is 7.32. The van der Waals surface area contributed by atoms with Crippen LogP contribution in [0.25, 0.3) is 0 Å². The largest absolute Gasteiger partial charge is 0.354 e. The van der Waals surface area contributed by atoms with Crippen LogP contribution >= 0.6 is 0 Å². The number of hydrogen-bond donors (Lipinski definition) is 1. The van der Waals surface area contributed by atoms with Gasteiger partial charge in [-0.2, -0.15) is 0 Å². The molecule has 0 bridgehead atoms. The van der Waals surface area contributed by atoms with Crippen molar-refractivity contribution in [1.82, 2.24) is 14.8 Å². The molecule has 1 saturated heterocycles. The molecule has 0 unspecified atom stereocenters. The predicted octanol–water partition coefficient (Wildman–Crippen LogP) is 2.99.